The molecule has 2 heterocycles. The lowest BCUT2D eigenvalue weighted by molar-refractivity contribution is -0.126. The molecule has 216 valence electrons. The van der Waals surface area contributed by atoms with Crippen molar-refractivity contribution >= 4 is 52.0 Å². The minimum Gasteiger partial charge on any atom is -0.433 e. The Balaban J connectivity index is 1.38. The molecule has 3 aliphatic rings. The van der Waals surface area contributed by atoms with E-state index in [-0.39, 0.29) is 55.0 Å². The van der Waals surface area contributed by atoms with Crippen molar-refractivity contribution in [3.05, 3.63) is 39.5 Å². The maximum absolute atomic E-state index is 13.8. The van der Waals surface area contributed by atoms with Crippen LogP contribution in [-0.2, 0) is 14.3 Å². The fourth-order valence-corrected chi connectivity index (χ4v) is 6.17. The van der Waals surface area contributed by atoms with Gasteiger partial charge in [0.1, 0.15) is 12.6 Å². The summed E-state index contributed by atoms with van der Waals surface area (Å²) in [4.78, 5) is 43.0. The second kappa shape index (κ2) is 12.8. The van der Waals surface area contributed by atoms with Crippen LogP contribution in [0, 0.1) is 0 Å². The molecule has 13 heteroatoms. The number of nitrogens with zero attached hydrogens (tertiary/aromatic N) is 2. The summed E-state index contributed by atoms with van der Waals surface area (Å²) in [7, 11) is 0. The number of hydrogen-bond donors (Lipinski definition) is 2. The van der Waals surface area contributed by atoms with Crippen molar-refractivity contribution in [2.75, 3.05) is 36.5 Å². The first-order chi connectivity index (χ1) is 19.3. The fourth-order valence-electron chi connectivity index (χ4n) is 5.21. The van der Waals surface area contributed by atoms with Crippen LogP contribution in [0.2, 0.25) is 4.34 Å². The van der Waals surface area contributed by atoms with Gasteiger partial charge in [0.15, 0.2) is 5.75 Å². The van der Waals surface area contributed by atoms with E-state index in [1.165, 1.54) is 17.0 Å². The Labute approximate surface area is 239 Å². The SMILES string of the molecule is O=C(NC[C@@H](C(=O)Nc1ccc(N2CCOCC2=O)cc1OC(F)F)N(C1CCC1)C1CCC1)c1ccc(Cl)s1. The van der Waals surface area contributed by atoms with Gasteiger partial charge in [0.05, 0.1) is 21.5 Å². The summed E-state index contributed by atoms with van der Waals surface area (Å²) in [6.45, 7) is -2.61. The number of nitrogens with one attached hydrogen (secondary N) is 2. The van der Waals surface area contributed by atoms with Crippen LogP contribution in [0.1, 0.15) is 48.2 Å². The maximum atomic E-state index is 13.8. The van der Waals surface area contributed by atoms with Gasteiger partial charge in [-0.25, -0.2) is 0 Å². The van der Waals surface area contributed by atoms with Gasteiger partial charge in [0.25, 0.3) is 11.8 Å². The van der Waals surface area contributed by atoms with Gasteiger partial charge >= 0.3 is 6.61 Å². The van der Waals surface area contributed by atoms with E-state index in [0.29, 0.717) is 21.5 Å². The van der Waals surface area contributed by atoms with Gasteiger partial charge in [-0.1, -0.05) is 24.4 Å². The first kappa shape index (κ1) is 28.7. The number of morpholine rings is 1. The molecular formula is C27H31ClF2N4O5S. The van der Waals surface area contributed by atoms with Crippen molar-refractivity contribution < 1.29 is 32.6 Å². The lowest BCUT2D eigenvalue weighted by Crippen LogP contribution is -2.61. The molecular weight excluding hydrogens is 566 g/mol. The quantitative estimate of drug-likeness (QED) is 0.396. The van der Waals surface area contributed by atoms with Crippen molar-refractivity contribution in [1.29, 1.82) is 0 Å². The van der Waals surface area contributed by atoms with Crippen LogP contribution in [-0.4, -0.2) is 73.7 Å². The van der Waals surface area contributed by atoms with Crippen LogP contribution >= 0.6 is 22.9 Å². The number of benzene rings is 1. The summed E-state index contributed by atoms with van der Waals surface area (Å²) in [6, 6.07) is 7.30. The van der Waals surface area contributed by atoms with E-state index in [1.807, 2.05) is 0 Å². The number of alkyl halides is 2. The van der Waals surface area contributed by atoms with Gasteiger partial charge in [0, 0.05) is 36.9 Å². The highest BCUT2D eigenvalue weighted by Crippen LogP contribution is 2.37. The van der Waals surface area contributed by atoms with E-state index in [9.17, 15) is 23.2 Å². The number of ether oxygens (including phenoxy) is 2. The molecule has 3 fully saturated rings. The highest BCUT2D eigenvalue weighted by molar-refractivity contribution is 7.18. The monoisotopic (exact) mass is 596 g/mol. The molecule has 1 atom stereocenters. The number of halogens is 3. The Bertz CT molecular complexity index is 1230. The summed E-state index contributed by atoms with van der Waals surface area (Å²) in [5, 5.41) is 5.65. The van der Waals surface area contributed by atoms with Crippen molar-refractivity contribution in [2.45, 2.75) is 63.3 Å². The van der Waals surface area contributed by atoms with Crippen molar-refractivity contribution in [1.82, 2.24) is 10.2 Å². The highest BCUT2D eigenvalue weighted by atomic mass is 35.5. The number of hydrogen-bond acceptors (Lipinski definition) is 7. The molecule has 5 rings (SSSR count). The number of anilines is 2. The largest absolute Gasteiger partial charge is 0.433 e. The van der Waals surface area contributed by atoms with Crippen molar-refractivity contribution in [3.63, 3.8) is 0 Å². The van der Waals surface area contributed by atoms with Gasteiger partial charge < -0.3 is 25.0 Å². The summed E-state index contributed by atoms with van der Waals surface area (Å²) in [6.07, 6.45) is 5.95. The summed E-state index contributed by atoms with van der Waals surface area (Å²) in [5.41, 5.74) is 0.421. The molecule has 1 aromatic heterocycles. The van der Waals surface area contributed by atoms with E-state index >= 15 is 0 Å². The van der Waals surface area contributed by atoms with Crippen LogP contribution in [0.15, 0.2) is 30.3 Å². The Morgan fingerprint density at radius 3 is 2.45 bits per heavy atom. The molecule has 2 aromatic rings. The van der Waals surface area contributed by atoms with Gasteiger partial charge in [-0.15, -0.1) is 11.3 Å². The van der Waals surface area contributed by atoms with Crippen LogP contribution in [0.5, 0.6) is 5.75 Å². The molecule has 0 bridgehead atoms. The molecule has 2 aliphatic carbocycles. The third-order valence-electron chi connectivity index (χ3n) is 7.64. The molecule has 1 aromatic carbocycles. The number of rotatable bonds is 11. The van der Waals surface area contributed by atoms with Gasteiger partial charge in [-0.05, 0) is 49.9 Å². The third-order valence-corrected chi connectivity index (χ3v) is 8.87. The van der Waals surface area contributed by atoms with Crippen molar-refractivity contribution in [3.8, 4) is 5.75 Å². The minimum atomic E-state index is -3.14. The van der Waals surface area contributed by atoms with E-state index in [0.717, 1.165) is 49.9 Å². The van der Waals surface area contributed by atoms with Crippen LogP contribution in [0.3, 0.4) is 0 Å². The summed E-state index contributed by atoms with van der Waals surface area (Å²) in [5.74, 6) is -1.32. The molecule has 1 aliphatic heterocycles. The van der Waals surface area contributed by atoms with Gasteiger partial charge in [-0.2, -0.15) is 8.78 Å². The molecule has 2 saturated carbocycles. The molecule has 0 unspecified atom stereocenters. The molecule has 1 saturated heterocycles. The second-order valence-electron chi connectivity index (χ2n) is 10.1. The first-order valence-electron chi connectivity index (χ1n) is 13.4. The van der Waals surface area contributed by atoms with Gasteiger partial charge in [0.2, 0.25) is 5.91 Å². The lowest BCUT2D eigenvalue weighted by Gasteiger charge is -2.49. The number of carbonyl (C=O) groups excluding carboxylic acids is 3. The molecule has 0 radical (unpaired) electrons. The normalized spacial score (nSPS) is 18.8. The van der Waals surface area contributed by atoms with Crippen LogP contribution in [0.4, 0.5) is 20.2 Å². The summed E-state index contributed by atoms with van der Waals surface area (Å²) >= 11 is 7.13. The van der Waals surface area contributed by atoms with Gasteiger partial charge in [-0.3, -0.25) is 19.3 Å². The number of thiophene rings is 1. The molecule has 3 amide bonds. The molecule has 9 nitrogen and oxygen atoms in total. The maximum Gasteiger partial charge on any atom is 0.387 e. The van der Waals surface area contributed by atoms with Crippen LogP contribution in [0.25, 0.3) is 0 Å². The molecule has 0 spiro atoms. The number of amides is 3. The Hall–Kier alpha value is -2.80. The minimum absolute atomic E-state index is 0.0403. The third kappa shape index (κ3) is 6.56. The number of carbonyl (C=O) groups is 3. The standard InChI is InChI=1S/C27H31ClF2N4O5S/c28-23-10-9-22(40-23)26(37)31-14-20(34(16-3-1-4-16)17-5-2-6-17)25(36)32-19-8-7-18(13-21(19)39-27(29)30)33-11-12-38-15-24(33)35/h7-10,13,16-17,20,27H,1-6,11-12,14-15H2,(H,31,37)(H,32,36)/t20-/m0/s1. The second-order valence-corrected chi connectivity index (χ2v) is 11.8. The Morgan fingerprint density at radius 1 is 1.15 bits per heavy atom. The predicted molar refractivity (Wildman–Crippen MR) is 147 cm³/mol. The van der Waals surface area contributed by atoms with E-state index < -0.39 is 18.6 Å². The summed E-state index contributed by atoms with van der Waals surface area (Å²) < 4.78 is 37.1. The first-order valence-corrected chi connectivity index (χ1v) is 14.6. The zero-order valence-corrected chi connectivity index (χ0v) is 23.3. The molecule has 40 heavy (non-hydrogen) atoms. The zero-order chi connectivity index (χ0) is 28.2. The van der Waals surface area contributed by atoms with Crippen LogP contribution < -0.4 is 20.3 Å². The van der Waals surface area contributed by atoms with E-state index in [2.05, 4.69) is 15.5 Å². The lowest BCUT2D eigenvalue weighted by atomic mass is 9.83. The topological polar surface area (TPSA) is 100 Å². The average molecular weight is 597 g/mol. The highest BCUT2D eigenvalue weighted by Gasteiger charge is 2.41. The van der Waals surface area contributed by atoms with Crippen molar-refractivity contribution in [2.24, 2.45) is 0 Å². The average Bonchev–Trinajstić information content (AvgIpc) is 3.29. The Morgan fingerprint density at radius 2 is 1.88 bits per heavy atom. The molecule has 2 N–H and O–H groups in total. The predicted octanol–water partition coefficient (Wildman–Crippen LogP) is 4.51. The zero-order valence-electron chi connectivity index (χ0n) is 21.7. The fraction of sp³-hybridized carbons (Fsp3) is 0.519. The van der Waals surface area contributed by atoms with E-state index in [4.69, 9.17) is 21.1 Å². The smallest absolute Gasteiger partial charge is 0.387 e. The Kier molecular flexibility index (Phi) is 9.19. The van der Waals surface area contributed by atoms with E-state index in [1.54, 1.807) is 18.2 Å².